The van der Waals surface area contributed by atoms with E-state index in [1.807, 2.05) is 18.7 Å². The van der Waals surface area contributed by atoms with E-state index in [4.69, 9.17) is 0 Å². The molecule has 0 saturated heterocycles. The van der Waals surface area contributed by atoms with Crippen molar-refractivity contribution in [2.75, 3.05) is 26.7 Å². The highest BCUT2D eigenvalue weighted by atomic mass is 32.1. The van der Waals surface area contributed by atoms with Crippen molar-refractivity contribution in [2.45, 2.75) is 45.8 Å². The average Bonchev–Trinajstić information content (AvgIpc) is 3.14. The van der Waals surface area contributed by atoms with E-state index < -0.39 is 18.7 Å². The van der Waals surface area contributed by atoms with E-state index in [0.29, 0.717) is 42.2 Å². The van der Waals surface area contributed by atoms with Crippen LogP contribution < -0.4 is 16.6 Å². The van der Waals surface area contributed by atoms with E-state index in [0.717, 1.165) is 10.4 Å². The molecule has 9 nitrogen and oxygen atoms in total. The van der Waals surface area contributed by atoms with Crippen LogP contribution in [0, 0.1) is 12.8 Å². The Bertz CT molecular complexity index is 1230. The maximum absolute atomic E-state index is 13.3. The molecular weight excluding hydrogens is 461 g/mol. The summed E-state index contributed by atoms with van der Waals surface area (Å²) in [6, 6.07) is -0.234. The fourth-order valence-corrected chi connectivity index (χ4v) is 5.37. The van der Waals surface area contributed by atoms with Crippen LogP contribution in [0.4, 0.5) is 13.2 Å². The SMILES string of the molecule is CN=CNC1=NCCN1Cc1sc2c(c1C)c(=O)n(C1CC1C)c(=O)n2CCOC(F)(F)F. The molecule has 2 aliphatic rings. The maximum Gasteiger partial charge on any atom is 0.522 e. The first-order valence-electron chi connectivity index (χ1n) is 10.6. The number of nitrogens with one attached hydrogen (secondary N) is 1. The Balaban J connectivity index is 1.75. The predicted molar refractivity (Wildman–Crippen MR) is 120 cm³/mol. The number of alkyl halides is 3. The van der Waals surface area contributed by atoms with E-state index >= 15 is 0 Å². The number of thiophene rings is 1. The van der Waals surface area contributed by atoms with Crippen molar-refractivity contribution >= 4 is 33.9 Å². The molecule has 1 saturated carbocycles. The molecule has 2 unspecified atom stereocenters. The lowest BCUT2D eigenvalue weighted by Crippen LogP contribution is -2.40. The lowest BCUT2D eigenvalue weighted by molar-refractivity contribution is -0.325. The van der Waals surface area contributed by atoms with Crippen LogP contribution in [0.2, 0.25) is 0 Å². The highest BCUT2D eigenvalue weighted by molar-refractivity contribution is 7.18. The second-order valence-electron chi connectivity index (χ2n) is 8.17. The summed E-state index contributed by atoms with van der Waals surface area (Å²) in [6.07, 6.45) is -2.57. The fraction of sp³-hybridized carbons (Fsp3) is 0.600. The van der Waals surface area contributed by atoms with Crippen LogP contribution in [0.1, 0.15) is 29.8 Å². The summed E-state index contributed by atoms with van der Waals surface area (Å²) in [7, 11) is 1.64. The van der Waals surface area contributed by atoms with E-state index in [1.165, 1.54) is 26.8 Å². The summed E-state index contributed by atoms with van der Waals surface area (Å²) in [5.41, 5.74) is -0.253. The Morgan fingerprint density at radius 3 is 2.73 bits per heavy atom. The van der Waals surface area contributed by atoms with Gasteiger partial charge in [-0.2, -0.15) is 0 Å². The Hall–Kier alpha value is -2.67. The second-order valence-corrected chi connectivity index (χ2v) is 9.26. The molecule has 2 atom stereocenters. The summed E-state index contributed by atoms with van der Waals surface area (Å²) in [5.74, 6) is 0.818. The molecule has 0 spiro atoms. The number of aromatic nitrogens is 2. The Labute approximate surface area is 191 Å². The average molecular weight is 487 g/mol. The van der Waals surface area contributed by atoms with Crippen LogP contribution in [-0.2, 0) is 17.8 Å². The molecule has 0 radical (unpaired) electrons. The minimum absolute atomic E-state index is 0.167. The molecular formula is C20H25F3N6O3S. The second kappa shape index (κ2) is 8.93. The van der Waals surface area contributed by atoms with Gasteiger partial charge in [-0.15, -0.1) is 24.5 Å². The third-order valence-corrected chi connectivity index (χ3v) is 7.21. The number of halogens is 3. The molecule has 33 heavy (non-hydrogen) atoms. The van der Waals surface area contributed by atoms with Gasteiger partial charge in [0.1, 0.15) is 4.83 Å². The number of hydrogen-bond acceptors (Lipinski definition) is 7. The Morgan fingerprint density at radius 2 is 2.09 bits per heavy atom. The van der Waals surface area contributed by atoms with Gasteiger partial charge in [0.05, 0.1) is 38.0 Å². The zero-order valence-corrected chi connectivity index (χ0v) is 19.3. The van der Waals surface area contributed by atoms with E-state index in [2.05, 4.69) is 20.0 Å². The van der Waals surface area contributed by atoms with Crippen LogP contribution in [0.15, 0.2) is 19.6 Å². The molecule has 1 fully saturated rings. The summed E-state index contributed by atoms with van der Waals surface area (Å²) in [5, 5.41) is 3.39. The van der Waals surface area contributed by atoms with E-state index in [9.17, 15) is 22.8 Å². The van der Waals surface area contributed by atoms with Crippen molar-refractivity contribution in [1.82, 2.24) is 19.4 Å². The van der Waals surface area contributed by atoms with Crippen molar-refractivity contribution in [3.8, 4) is 0 Å². The van der Waals surface area contributed by atoms with Crippen molar-refractivity contribution in [3.05, 3.63) is 31.3 Å². The molecule has 0 aromatic carbocycles. The largest absolute Gasteiger partial charge is 0.522 e. The van der Waals surface area contributed by atoms with Gasteiger partial charge in [-0.05, 0) is 24.8 Å². The predicted octanol–water partition coefficient (Wildman–Crippen LogP) is 2.07. The first-order chi connectivity index (χ1) is 15.6. The third-order valence-electron chi connectivity index (χ3n) is 5.91. The number of nitrogens with zero attached hydrogens (tertiary/aromatic N) is 5. The molecule has 1 aliphatic heterocycles. The van der Waals surface area contributed by atoms with Gasteiger partial charge in [0, 0.05) is 24.5 Å². The third kappa shape index (κ3) is 4.69. The highest BCUT2D eigenvalue weighted by Crippen LogP contribution is 2.41. The van der Waals surface area contributed by atoms with Gasteiger partial charge in [0.15, 0.2) is 5.96 Å². The normalized spacial score (nSPS) is 20.8. The van der Waals surface area contributed by atoms with Crippen molar-refractivity contribution in [3.63, 3.8) is 0 Å². The molecule has 13 heteroatoms. The van der Waals surface area contributed by atoms with Crippen molar-refractivity contribution in [1.29, 1.82) is 0 Å². The van der Waals surface area contributed by atoms with Crippen LogP contribution in [-0.4, -0.2) is 59.4 Å². The monoisotopic (exact) mass is 486 g/mol. The summed E-state index contributed by atoms with van der Waals surface area (Å²) in [6.45, 7) is 4.45. The molecule has 0 bridgehead atoms. The molecule has 3 heterocycles. The summed E-state index contributed by atoms with van der Waals surface area (Å²) >= 11 is 1.25. The smallest absolute Gasteiger partial charge is 0.336 e. The Morgan fingerprint density at radius 1 is 1.36 bits per heavy atom. The van der Waals surface area contributed by atoms with Gasteiger partial charge in [-0.1, -0.05) is 6.92 Å². The quantitative estimate of drug-likeness (QED) is 0.478. The van der Waals surface area contributed by atoms with Gasteiger partial charge < -0.3 is 10.2 Å². The van der Waals surface area contributed by atoms with E-state index in [1.54, 1.807) is 7.05 Å². The number of ether oxygens (including phenoxy) is 1. The first kappa shape index (κ1) is 23.5. The van der Waals surface area contributed by atoms with Gasteiger partial charge in [-0.3, -0.25) is 28.7 Å². The highest BCUT2D eigenvalue weighted by Gasteiger charge is 2.38. The summed E-state index contributed by atoms with van der Waals surface area (Å²) in [4.78, 5) is 38.0. The van der Waals surface area contributed by atoms with Crippen molar-refractivity contribution in [2.24, 2.45) is 15.9 Å². The number of hydrogen-bond donors (Lipinski definition) is 1. The van der Waals surface area contributed by atoms with Crippen LogP contribution in [0.3, 0.4) is 0 Å². The standard InChI is InChI=1S/C20H25F3N6O3S/c1-11-8-13(11)29-16(30)15-12(2)14(9-27-5-4-25-18(27)26-10-24-3)33-17(15)28(19(29)31)6-7-32-20(21,22)23/h10-11,13H,4-9H2,1-3H3,(H,24,25,26). The number of fused-ring (bicyclic) bond motifs is 1. The van der Waals surface area contributed by atoms with Gasteiger partial charge in [0.25, 0.3) is 5.56 Å². The number of rotatable bonds is 7. The number of aryl methyl sites for hydroxylation is 1. The number of aliphatic imine (C=N–C) groups is 2. The lowest BCUT2D eigenvalue weighted by atomic mass is 10.2. The summed E-state index contributed by atoms with van der Waals surface area (Å²) < 4.78 is 44.0. The van der Waals surface area contributed by atoms with E-state index in [-0.39, 0.29) is 24.1 Å². The topological polar surface area (TPSA) is 93.2 Å². The molecule has 0 amide bonds. The minimum Gasteiger partial charge on any atom is -0.336 e. The van der Waals surface area contributed by atoms with Crippen LogP contribution >= 0.6 is 11.3 Å². The molecule has 2 aromatic heterocycles. The van der Waals surface area contributed by atoms with Crippen LogP contribution in [0.25, 0.3) is 10.2 Å². The molecule has 1 N–H and O–H groups in total. The Kier molecular flexibility index (Phi) is 6.36. The lowest BCUT2D eigenvalue weighted by Gasteiger charge is -2.19. The fourth-order valence-electron chi connectivity index (χ4n) is 4.03. The molecule has 1 aliphatic carbocycles. The van der Waals surface area contributed by atoms with Gasteiger partial charge in [0.2, 0.25) is 0 Å². The van der Waals surface area contributed by atoms with Gasteiger partial charge in [-0.25, -0.2) is 4.79 Å². The van der Waals surface area contributed by atoms with Crippen molar-refractivity contribution < 1.29 is 17.9 Å². The maximum atomic E-state index is 13.3. The number of guanidine groups is 1. The molecule has 4 rings (SSSR count). The zero-order valence-electron chi connectivity index (χ0n) is 18.5. The molecule has 2 aromatic rings. The minimum atomic E-state index is -4.79. The zero-order chi connectivity index (χ0) is 23.9. The van der Waals surface area contributed by atoms with Crippen LogP contribution in [0.5, 0.6) is 0 Å². The molecule has 180 valence electrons. The van der Waals surface area contributed by atoms with Gasteiger partial charge >= 0.3 is 12.1 Å². The first-order valence-corrected chi connectivity index (χ1v) is 11.4.